The van der Waals surface area contributed by atoms with E-state index in [-0.39, 0.29) is 29.4 Å². The Morgan fingerprint density at radius 3 is 2.33 bits per heavy atom. The van der Waals surface area contributed by atoms with Gasteiger partial charge in [0.05, 0.1) is 23.5 Å². The van der Waals surface area contributed by atoms with Gasteiger partial charge in [0.2, 0.25) is 5.91 Å². The number of anilines is 2. The summed E-state index contributed by atoms with van der Waals surface area (Å²) in [6.45, 7) is 1.93. The summed E-state index contributed by atoms with van der Waals surface area (Å²) in [5, 5.41) is 17.1. The van der Waals surface area contributed by atoms with Gasteiger partial charge in [-0.15, -0.1) is 23.1 Å². The fraction of sp³-hybridized carbons (Fsp3) is 0.103. The number of rotatable bonds is 10. The molecule has 0 aliphatic carbocycles. The van der Waals surface area contributed by atoms with Crippen LogP contribution in [0.15, 0.2) is 89.1 Å². The van der Waals surface area contributed by atoms with Crippen LogP contribution in [0.3, 0.4) is 0 Å². The normalized spacial score (nSPS) is 10.5. The van der Waals surface area contributed by atoms with E-state index < -0.39 is 17.8 Å². The van der Waals surface area contributed by atoms with Gasteiger partial charge >= 0.3 is 11.9 Å². The SMILES string of the molecule is CCOC(=O)c1c(-c2ccccc2)csc1NC(=O)CSc1cccc(NC(=O)c2ccccc2C(=O)O)c1. The number of thiophene rings is 1. The Morgan fingerprint density at radius 1 is 0.897 bits per heavy atom. The first-order chi connectivity index (χ1) is 18.9. The molecular formula is C29H24N2O6S2. The first-order valence-electron chi connectivity index (χ1n) is 11.9. The van der Waals surface area contributed by atoms with Crippen molar-refractivity contribution in [3.63, 3.8) is 0 Å². The highest BCUT2D eigenvalue weighted by molar-refractivity contribution is 8.00. The number of aromatic carboxylic acids is 1. The molecule has 0 radical (unpaired) electrons. The zero-order chi connectivity index (χ0) is 27.8. The van der Waals surface area contributed by atoms with Gasteiger partial charge in [0, 0.05) is 21.5 Å². The average Bonchev–Trinajstić information content (AvgIpc) is 3.36. The smallest absolute Gasteiger partial charge is 0.341 e. The molecular weight excluding hydrogens is 536 g/mol. The zero-order valence-electron chi connectivity index (χ0n) is 20.8. The van der Waals surface area contributed by atoms with E-state index in [0.29, 0.717) is 21.8 Å². The quantitative estimate of drug-likeness (QED) is 0.154. The number of ether oxygens (including phenoxy) is 1. The Balaban J connectivity index is 1.43. The molecule has 0 saturated heterocycles. The van der Waals surface area contributed by atoms with Gasteiger partial charge in [-0.3, -0.25) is 9.59 Å². The molecule has 0 aliphatic rings. The maximum Gasteiger partial charge on any atom is 0.341 e. The van der Waals surface area contributed by atoms with Crippen molar-refractivity contribution in [3.8, 4) is 11.1 Å². The van der Waals surface area contributed by atoms with Crippen molar-refractivity contribution in [3.05, 3.63) is 101 Å². The van der Waals surface area contributed by atoms with E-state index in [9.17, 15) is 24.3 Å². The van der Waals surface area contributed by atoms with Crippen molar-refractivity contribution in [1.29, 1.82) is 0 Å². The minimum absolute atomic E-state index is 0.0469. The van der Waals surface area contributed by atoms with Crippen LogP contribution in [0.2, 0.25) is 0 Å². The molecule has 8 nitrogen and oxygen atoms in total. The van der Waals surface area contributed by atoms with E-state index in [1.807, 2.05) is 35.7 Å². The predicted octanol–water partition coefficient (Wildman–Crippen LogP) is 6.27. The van der Waals surface area contributed by atoms with Crippen LogP contribution in [-0.2, 0) is 9.53 Å². The molecule has 0 atom stereocenters. The van der Waals surface area contributed by atoms with E-state index in [1.165, 1.54) is 35.2 Å². The van der Waals surface area contributed by atoms with Crippen LogP contribution in [0.4, 0.5) is 10.7 Å². The Kier molecular flexibility index (Phi) is 9.14. The molecule has 0 bridgehead atoms. The first kappa shape index (κ1) is 27.6. The second kappa shape index (κ2) is 12.9. The lowest BCUT2D eigenvalue weighted by atomic mass is 10.0. The Morgan fingerprint density at radius 2 is 1.62 bits per heavy atom. The fourth-order valence-corrected chi connectivity index (χ4v) is 5.46. The number of amides is 2. The monoisotopic (exact) mass is 560 g/mol. The van der Waals surface area contributed by atoms with Gasteiger partial charge in [-0.25, -0.2) is 9.59 Å². The molecule has 39 heavy (non-hydrogen) atoms. The van der Waals surface area contributed by atoms with Crippen molar-refractivity contribution in [1.82, 2.24) is 0 Å². The molecule has 3 aromatic carbocycles. The topological polar surface area (TPSA) is 122 Å². The van der Waals surface area contributed by atoms with E-state index in [2.05, 4.69) is 10.6 Å². The largest absolute Gasteiger partial charge is 0.478 e. The summed E-state index contributed by atoms with van der Waals surface area (Å²) in [7, 11) is 0. The molecule has 0 saturated carbocycles. The van der Waals surface area contributed by atoms with Gasteiger partial charge in [0.25, 0.3) is 5.91 Å². The summed E-state index contributed by atoms with van der Waals surface area (Å²) in [6.07, 6.45) is 0. The molecule has 0 fully saturated rings. The van der Waals surface area contributed by atoms with Gasteiger partial charge in [-0.1, -0.05) is 48.5 Å². The lowest BCUT2D eigenvalue weighted by molar-refractivity contribution is -0.113. The minimum Gasteiger partial charge on any atom is -0.478 e. The van der Waals surface area contributed by atoms with E-state index in [0.717, 1.165) is 10.5 Å². The summed E-state index contributed by atoms with van der Waals surface area (Å²) in [6, 6.07) is 22.3. The third kappa shape index (κ3) is 6.92. The van der Waals surface area contributed by atoms with Gasteiger partial charge in [0.15, 0.2) is 0 Å². The lowest BCUT2D eigenvalue weighted by Gasteiger charge is -2.10. The molecule has 4 aromatic rings. The number of carbonyl (C=O) groups excluding carboxylic acids is 3. The minimum atomic E-state index is -1.19. The molecule has 1 heterocycles. The third-order valence-corrected chi connectivity index (χ3v) is 7.36. The molecule has 4 rings (SSSR count). The van der Waals surface area contributed by atoms with Gasteiger partial charge in [-0.05, 0) is 42.8 Å². The molecule has 0 unspecified atom stereocenters. The number of benzene rings is 3. The highest BCUT2D eigenvalue weighted by atomic mass is 32.2. The molecule has 198 valence electrons. The van der Waals surface area contributed by atoms with Crippen LogP contribution in [0.1, 0.15) is 38.0 Å². The number of carboxylic acids is 1. The van der Waals surface area contributed by atoms with Crippen molar-refractivity contribution in [2.24, 2.45) is 0 Å². The number of hydrogen-bond donors (Lipinski definition) is 3. The number of thioether (sulfide) groups is 1. The van der Waals surface area contributed by atoms with Crippen LogP contribution in [0, 0.1) is 0 Å². The molecule has 0 spiro atoms. The molecule has 2 amide bonds. The number of carboxylic acid groups (broad SMARTS) is 1. The van der Waals surface area contributed by atoms with Gasteiger partial charge < -0.3 is 20.5 Å². The second-order valence-electron chi connectivity index (χ2n) is 8.11. The standard InChI is InChI=1S/C29H24N2O6S2/c1-2-37-29(36)25-23(18-9-4-3-5-10-18)16-39-27(25)31-24(32)17-38-20-12-8-11-19(15-20)30-26(33)21-13-6-7-14-22(21)28(34)35/h3-16H,2,17H2,1H3,(H,30,33)(H,31,32)(H,34,35). The summed E-state index contributed by atoms with van der Waals surface area (Å²) in [4.78, 5) is 50.4. The first-order valence-corrected chi connectivity index (χ1v) is 13.7. The predicted molar refractivity (Wildman–Crippen MR) is 153 cm³/mol. The summed E-state index contributed by atoms with van der Waals surface area (Å²) in [5.41, 5.74) is 2.26. The van der Waals surface area contributed by atoms with Gasteiger partial charge in [-0.2, -0.15) is 0 Å². The van der Waals surface area contributed by atoms with Crippen molar-refractivity contribution in [2.75, 3.05) is 23.0 Å². The Bertz CT molecular complexity index is 1520. The van der Waals surface area contributed by atoms with Crippen molar-refractivity contribution >= 4 is 57.5 Å². The lowest BCUT2D eigenvalue weighted by Crippen LogP contribution is -2.17. The van der Waals surface area contributed by atoms with E-state index in [4.69, 9.17) is 4.74 Å². The van der Waals surface area contributed by atoms with Crippen LogP contribution in [0.25, 0.3) is 11.1 Å². The second-order valence-corrected chi connectivity index (χ2v) is 10.0. The summed E-state index contributed by atoms with van der Waals surface area (Å²) < 4.78 is 5.24. The molecule has 3 N–H and O–H groups in total. The van der Waals surface area contributed by atoms with Crippen molar-refractivity contribution < 1.29 is 29.0 Å². The number of nitrogens with one attached hydrogen (secondary N) is 2. The van der Waals surface area contributed by atoms with Crippen LogP contribution in [-0.4, -0.2) is 41.2 Å². The Labute approximate surface area is 233 Å². The molecule has 10 heteroatoms. The fourth-order valence-electron chi connectivity index (χ4n) is 3.73. The highest BCUT2D eigenvalue weighted by Gasteiger charge is 2.23. The maximum atomic E-state index is 12.8. The molecule has 1 aromatic heterocycles. The van der Waals surface area contributed by atoms with Crippen LogP contribution < -0.4 is 10.6 Å². The summed E-state index contributed by atoms with van der Waals surface area (Å²) in [5.74, 6) is -2.50. The van der Waals surface area contributed by atoms with Crippen LogP contribution in [0.5, 0.6) is 0 Å². The van der Waals surface area contributed by atoms with Crippen molar-refractivity contribution in [2.45, 2.75) is 11.8 Å². The van der Waals surface area contributed by atoms with E-state index in [1.54, 1.807) is 43.3 Å². The number of esters is 1. The highest BCUT2D eigenvalue weighted by Crippen LogP contribution is 2.36. The number of hydrogen-bond acceptors (Lipinski definition) is 7. The summed E-state index contributed by atoms with van der Waals surface area (Å²) >= 11 is 2.51. The third-order valence-electron chi connectivity index (χ3n) is 5.47. The average molecular weight is 561 g/mol. The van der Waals surface area contributed by atoms with E-state index >= 15 is 0 Å². The van der Waals surface area contributed by atoms with Gasteiger partial charge in [0.1, 0.15) is 10.6 Å². The van der Waals surface area contributed by atoms with Crippen LogP contribution >= 0.6 is 23.1 Å². The zero-order valence-corrected chi connectivity index (χ0v) is 22.4. The molecule has 0 aliphatic heterocycles. The maximum absolute atomic E-state index is 12.8. The number of carbonyl (C=O) groups is 4. The Hall–Kier alpha value is -4.41.